The first-order valence-electron chi connectivity index (χ1n) is 10.1. The van der Waals surface area contributed by atoms with Gasteiger partial charge in [-0.05, 0) is 66.7 Å². The van der Waals surface area contributed by atoms with Gasteiger partial charge in [0.1, 0.15) is 5.75 Å². The summed E-state index contributed by atoms with van der Waals surface area (Å²) in [4.78, 5) is 0. The highest BCUT2D eigenvalue weighted by Crippen LogP contribution is 2.37. The van der Waals surface area contributed by atoms with Gasteiger partial charge in [0.05, 0.1) is 0 Å². The molecule has 23 heavy (non-hydrogen) atoms. The minimum absolute atomic E-state index is 0.432. The molecule has 0 amide bonds. The number of hydrogen-bond donors (Lipinski definition) is 1. The molecule has 128 valence electrons. The van der Waals surface area contributed by atoms with Crippen molar-refractivity contribution in [2.75, 3.05) is 0 Å². The highest BCUT2D eigenvalue weighted by atomic mass is 16.3. The average molecular weight is 315 g/mol. The number of fused-ring (bicyclic) bond motifs is 1. The van der Waals surface area contributed by atoms with Gasteiger partial charge in [-0.3, -0.25) is 0 Å². The normalized spacial score (nSPS) is 27.6. The van der Waals surface area contributed by atoms with Crippen LogP contribution in [0.3, 0.4) is 0 Å². The van der Waals surface area contributed by atoms with Gasteiger partial charge < -0.3 is 5.11 Å². The van der Waals surface area contributed by atoms with Crippen LogP contribution in [0.25, 0.3) is 0 Å². The zero-order chi connectivity index (χ0) is 16.1. The summed E-state index contributed by atoms with van der Waals surface area (Å²) >= 11 is 0. The number of aromatic hydroxyl groups is 1. The van der Waals surface area contributed by atoms with E-state index in [4.69, 9.17) is 0 Å². The first-order chi connectivity index (χ1) is 11.2. The van der Waals surface area contributed by atoms with E-state index in [-0.39, 0.29) is 0 Å². The van der Waals surface area contributed by atoms with Gasteiger partial charge in [-0.1, -0.05) is 64.4 Å². The highest BCUT2D eigenvalue weighted by Gasteiger charge is 2.23. The van der Waals surface area contributed by atoms with Crippen LogP contribution in [0, 0.1) is 17.8 Å². The molecule has 0 heterocycles. The molecule has 1 nitrogen and oxygen atoms in total. The summed E-state index contributed by atoms with van der Waals surface area (Å²) in [6, 6.07) is 5.98. The summed E-state index contributed by atoms with van der Waals surface area (Å²) < 4.78 is 0. The van der Waals surface area contributed by atoms with Crippen molar-refractivity contribution in [2.24, 2.45) is 17.8 Å². The molecule has 1 heteroatoms. The summed E-state index contributed by atoms with van der Waals surface area (Å²) in [5, 5.41) is 9.60. The summed E-state index contributed by atoms with van der Waals surface area (Å²) in [6.07, 6.45) is 16.9. The molecular formula is C22H34O. The number of phenols is 1. The molecule has 2 aliphatic carbocycles. The summed E-state index contributed by atoms with van der Waals surface area (Å²) in [7, 11) is 0. The third kappa shape index (κ3) is 4.75. The minimum atomic E-state index is 0.432. The lowest BCUT2D eigenvalue weighted by molar-refractivity contribution is 0.234. The van der Waals surface area contributed by atoms with E-state index in [1.807, 2.05) is 12.1 Å². The Morgan fingerprint density at radius 1 is 0.870 bits per heavy atom. The standard InChI is InChI=1S/C22H34O/c1-2-3-4-17-5-7-18(8-6-17)9-10-19-11-12-21-16-22(23)14-13-20(21)15-19/h13-14,16-19,23H,2-12,15H2,1H3. The Kier molecular flexibility index (Phi) is 6.02. The van der Waals surface area contributed by atoms with Crippen LogP contribution in [-0.2, 0) is 12.8 Å². The fourth-order valence-corrected chi connectivity index (χ4v) is 4.84. The van der Waals surface area contributed by atoms with E-state index in [1.165, 1.54) is 81.8 Å². The molecule has 0 spiro atoms. The highest BCUT2D eigenvalue weighted by molar-refractivity contribution is 5.36. The summed E-state index contributed by atoms with van der Waals surface area (Å²) in [5.41, 5.74) is 2.88. The van der Waals surface area contributed by atoms with Crippen molar-refractivity contribution in [3.05, 3.63) is 29.3 Å². The lowest BCUT2D eigenvalue weighted by Gasteiger charge is -2.31. The van der Waals surface area contributed by atoms with Gasteiger partial charge in [-0.15, -0.1) is 0 Å². The summed E-state index contributed by atoms with van der Waals surface area (Å²) in [5.74, 6) is 3.36. The number of rotatable bonds is 6. The van der Waals surface area contributed by atoms with Crippen LogP contribution in [-0.4, -0.2) is 5.11 Å². The van der Waals surface area contributed by atoms with Crippen molar-refractivity contribution in [3.8, 4) is 5.75 Å². The Hall–Kier alpha value is -0.980. The molecule has 1 atom stereocenters. The minimum Gasteiger partial charge on any atom is -0.508 e. The molecule has 1 N–H and O–H groups in total. The third-order valence-corrected chi connectivity index (χ3v) is 6.44. The van der Waals surface area contributed by atoms with E-state index in [9.17, 15) is 5.11 Å². The molecule has 1 unspecified atom stereocenters. The van der Waals surface area contributed by atoms with E-state index in [0.717, 1.165) is 24.2 Å². The molecule has 1 aromatic rings. The predicted molar refractivity (Wildman–Crippen MR) is 97.8 cm³/mol. The van der Waals surface area contributed by atoms with Crippen LogP contribution in [0.2, 0.25) is 0 Å². The number of unbranched alkanes of at least 4 members (excludes halogenated alkanes) is 1. The molecule has 1 saturated carbocycles. The average Bonchev–Trinajstić information content (AvgIpc) is 2.59. The maximum absolute atomic E-state index is 9.60. The molecule has 1 aromatic carbocycles. The van der Waals surface area contributed by atoms with Crippen LogP contribution in [0.4, 0.5) is 0 Å². The smallest absolute Gasteiger partial charge is 0.115 e. The van der Waals surface area contributed by atoms with Gasteiger partial charge >= 0.3 is 0 Å². The van der Waals surface area contributed by atoms with Crippen molar-refractivity contribution >= 4 is 0 Å². The fraction of sp³-hybridized carbons (Fsp3) is 0.727. The van der Waals surface area contributed by atoms with Gasteiger partial charge in [-0.25, -0.2) is 0 Å². The Balaban J connectivity index is 1.39. The Bertz CT molecular complexity index is 485. The van der Waals surface area contributed by atoms with E-state index in [0.29, 0.717) is 5.75 Å². The lowest BCUT2D eigenvalue weighted by Crippen LogP contribution is -2.18. The molecule has 0 aromatic heterocycles. The first kappa shape index (κ1) is 16.9. The van der Waals surface area contributed by atoms with Gasteiger partial charge in [0.15, 0.2) is 0 Å². The maximum atomic E-state index is 9.60. The van der Waals surface area contributed by atoms with E-state index < -0.39 is 0 Å². The quantitative estimate of drug-likeness (QED) is 0.655. The second-order valence-corrected chi connectivity index (χ2v) is 8.17. The zero-order valence-electron chi connectivity index (χ0n) is 14.9. The largest absolute Gasteiger partial charge is 0.508 e. The molecule has 0 aliphatic heterocycles. The molecule has 0 radical (unpaired) electrons. The molecule has 2 aliphatic rings. The second kappa shape index (κ2) is 8.22. The maximum Gasteiger partial charge on any atom is 0.115 e. The number of aryl methyl sites for hydroxylation is 1. The lowest BCUT2D eigenvalue weighted by atomic mass is 9.75. The van der Waals surface area contributed by atoms with Gasteiger partial charge in [0.25, 0.3) is 0 Å². The van der Waals surface area contributed by atoms with Crippen LogP contribution >= 0.6 is 0 Å². The van der Waals surface area contributed by atoms with Crippen molar-refractivity contribution in [1.82, 2.24) is 0 Å². The molecule has 0 saturated heterocycles. The number of hydrogen-bond acceptors (Lipinski definition) is 1. The number of phenolic OH excluding ortho intramolecular Hbond substituents is 1. The predicted octanol–water partition coefficient (Wildman–Crippen LogP) is 6.27. The van der Waals surface area contributed by atoms with Crippen molar-refractivity contribution in [3.63, 3.8) is 0 Å². The molecule has 3 rings (SSSR count). The van der Waals surface area contributed by atoms with E-state index in [2.05, 4.69) is 13.0 Å². The topological polar surface area (TPSA) is 20.2 Å². The molecule has 0 bridgehead atoms. The third-order valence-electron chi connectivity index (χ3n) is 6.44. The Morgan fingerprint density at radius 2 is 1.57 bits per heavy atom. The van der Waals surface area contributed by atoms with Gasteiger partial charge in [0.2, 0.25) is 0 Å². The Morgan fingerprint density at radius 3 is 2.30 bits per heavy atom. The molecular weight excluding hydrogens is 280 g/mol. The van der Waals surface area contributed by atoms with Crippen molar-refractivity contribution in [2.45, 2.75) is 84.0 Å². The van der Waals surface area contributed by atoms with Gasteiger partial charge in [0, 0.05) is 0 Å². The van der Waals surface area contributed by atoms with Crippen LogP contribution in [0.5, 0.6) is 5.75 Å². The van der Waals surface area contributed by atoms with Crippen molar-refractivity contribution in [1.29, 1.82) is 0 Å². The van der Waals surface area contributed by atoms with Crippen LogP contribution in [0.15, 0.2) is 18.2 Å². The second-order valence-electron chi connectivity index (χ2n) is 8.17. The van der Waals surface area contributed by atoms with Gasteiger partial charge in [-0.2, -0.15) is 0 Å². The molecule has 1 fully saturated rings. The van der Waals surface area contributed by atoms with E-state index >= 15 is 0 Å². The van der Waals surface area contributed by atoms with E-state index in [1.54, 1.807) is 0 Å². The number of benzene rings is 1. The summed E-state index contributed by atoms with van der Waals surface area (Å²) in [6.45, 7) is 2.31. The monoisotopic (exact) mass is 314 g/mol. The Labute approximate surface area is 142 Å². The fourth-order valence-electron chi connectivity index (χ4n) is 4.84. The van der Waals surface area contributed by atoms with Crippen LogP contribution < -0.4 is 0 Å². The SMILES string of the molecule is CCCCC1CCC(CCC2CCc3cc(O)ccc3C2)CC1. The van der Waals surface area contributed by atoms with Crippen molar-refractivity contribution < 1.29 is 5.11 Å². The first-order valence-corrected chi connectivity index (χ1v) is 10.1. The zero-order valence-corrected chi connectivity index (χ0v) is 14.9. The van der Waals surface area contributed by atoms with Crippen LogP contribution in [0.1, 0.15) is 82.3 Å².